The molecule has 2 saturated heterocycles. The van der Waals surface area contributed by atoms with E-state index in [2.05, 4.69) is 48.9 Å². The highest BCUT2D eigenvalue weighted by Gasteiger charge is 2.32. The Balaban J connectivity index is 1.17. The largest absolute Gasteiger partial charge is 0.372 e. The van der Waals surface area contributed by atoms with Gasteiger partial charge in [-0.05, 0) is 67.9 Å². The van der Waals surface area contributed by atoms with Crippen molar-refractivity contribution < 1.29 is 9.53 Å². The highest BCUT2D eigenvalue weighted by Crippen LogP contribution is 2.28. The van der Waals surface area contributed by atoms with Gasteiger partial charge in [0.25, 0.3) is 0 Å². The van der Waals surface area contributed by atoms with Gasteiger partial charge in [-0.15, -0.1) is 0 Å². The third-order valence-electron chi connectivity index (χ3n) is 7.59. The molecule has 4 heterocycles. The van der Waals surface area contributed by atoms with E-state index < -0.39 is 0 Å². The number of ether oxygens (including phenoxy) is 1. The lowest BCUT2D eigenvalue weighted by atomic mass is 9.94. The third kappa shape index (κ3) is 5.51. The number of aryl methyl sites for hydroxylation is 1. The fourth-order valence-corrected chi connectivity index (χ4v) is 5.34. The Morgan fingerprint density at radius 3 is 2.69 bits per heavy atom. The average Bonchev–Trinajstić information content (AvgIpc) is 2.92. The van der Waals surface area contributed by atoms with Crippen LogP contribution in [0.5, 0.6) is 0 Å². The summed E-state index contributed by atoms with van der Waals surface area (Å²) in [5, 5.41) is 1.13. The number of carbonyl (C=O) groups is 1. The molecule has 2 aliphatic heterocycles. The summed E-state index contributed by atoms with van der Waals surface area (Å²) >= 11 is 0. The SMILES string of the molecule is Cc1nc(N2CCC(C(=O)N3CCCC(OCc4cccnc4)C3)CC2)nc2ccc(C(C)C)cc12. The molecule has 0 radical (unpaired) electrons. The van der Waals surface area contributed by atoms with Crippen LogP contribution >= 0.6 is 0 Å². The minimum atomic E-state index is 0.0634. The fourth-order valence-electron chi connectivity index (χ4n) is 5.34. The molecule has 1 unspecified atom stereocenters. The minimum Gasteiger partial charge on any atom is -0.372 e. The van der Waals surface area contributed by atoms with Gasteiger partial charge in [0.15, 0.2) is 0 Å². The molecule has 5 rings (SSSR count). The molecule has 0 spiro atoms. The molecule has 0 N–H and O–H groups in total. The molecular weight excluding hydrogens is 450 g/mol. The molecule has 7 nitrogen and oxygen atoms in total. The zero-order chi connectivity index (χ0) is 25.1. The first-order chi connectivity index (χ1) is 17.5. The maximum absolute atomic E-state index is 13.3. The number of hydrogen-bond donors (Lipinski definition) is 0. The minimum absolute atomic E-state index is 0.0634. The standard InChI is InChI=1S/C29H37N5O2/c1-20(2)24-8-9-27-26(16-24)21(3)31-29(32-27)33-14-10-23(11-15-33)28(35)34-13-5-7-25(18-34)36-19-22-6-4-12-30-17-22/h4,6,8-9,12,16-17,20,23,25H,5,7,10-11,13-15,18-19H2,1-3H3. The predicted molar refractivity (Wildman–Crippen MR) is 142 cm³/mol. The lowest BCUT2D eigenvalue weighted by Gasteiger charge is -2.37. The number of hydrogen-bond acceptors (Lipinski definition) is 6. The van der Waals surface area contributed by atoms with E-state index in [1.807, 2.05) is 23.2 Å². The van der Waals surface area contributed by atoms with Crippen LogP contribution in [0.2, 0.25) is 0 Å². The van der Waals surface area contributed by atoms with Crippen molar-refractivity contribution in [2.45, 2.75) is 65.1 Å². The zero-order valence-electron chi connectivity index (χ0n) is 21.7. The molecule has 2 fully saturated rings. The average molecular weight is 488 g/mol. The van der Waals surface area contributed by atoms with Crippen molar-refractivity contribution >= 4 is 22.8 Å². The van der Waals surface area contributed by atoms with Gasteiger partial charge in [0, 0.05) is 49.9 Å². The molecule has 2 aromatic heterocycles. The number of likely N-dealkylation sites (tertiary alicyclic amines) is 1. The predicted octanol–water partition coefficient (Wildman–Crippen LogP) is 4.88. The van der Waals surface area contributed by atoms with E-state index in [1.165, 1.54) is 5.56 Å². The Hall–Kier alpha value is -3.06. The highest BCUT2D eigenvalue weighted by atomic mass is 16.5. The first-order valence-electron chi connectivity index (χ1n) is 13.3. The Morgan fingerprint density at radius 2 is 1.94 bits per heavy atom. The summed E-state index contributed by atoms with van der Waals surface area (Å²) in [6.07, 6.45) is 7.36. The number of pyridine rings is 1. The van der Waals surface area contributed by atoms with E-state index in [1.54, 1.807) is 6.20 Å². The fraction of sp³-hybridized carbons (Fsp3) is 0.517. The number of benzene rings is 1. The van der Waals surface area contributed by atoms with Gasteiger partial charge in [0.05, 0.1) is 23.9 Å². The molecule has 0 saturated carbocycles. The molecule has 1 aromatic carbocycles. The van der Waals surface area contributed by atoms with Crippen LogP contribution in [-0.2, 0) is 16.1 Å². The summed E-state index contributed by atoms with van der Waals surface area (Å²) in [7, 11) is 0. The summed E-state index contributed by atoms with van der Waals surface area (Å²) in [6.45, 7) is 10.1. The van der Waals surface area contributed by atoms with E-state index in [0.717, 1.165) is 73.4 Å². The Bertz CT molecular complexity index is 1190. The van der Waals surface area contributed by atoms with Crippen LogP contribution in [0.25, 0.3) is 10.9 Å². The van der Waals surface area contributed by atoms with E-state index in [4.69, 9.17) is 14.7 Å². The first kappa shape index (κ1) is 24.6. The number of aromatic nitrogens is 3. The number of nitrogens with zero attached hydrogens (tertiary/aromatic N) is 5. The van der Waals surface area contributed by atoms with Crippen molar-refractivity contribution in [1.29, 1.82) is 0 Å². The van der Waals surface area contributed by atoms with Crippen molar-refractivity contribution in [2.75, 3.05) is 31.1 Å². The van der Waals surface area contributed by atoms with Crippen LogP contribution < -0.4 is 4.90 Å². The van der Waals surface area contributed by atoms with Crippen molar-refractivity contribution in [3.8, 4) is 0 Å². The van der Waals surface area contributed by atoms with Gasteiger partial charge in [-0.3, -0.25) is 9.78 Å². The van der Waals surface area contributed by atoms with Gasteiger partial charge in [-0.1, -0.05) is 26.0 Å². The van der Waals surface area contributed by atoms with Crippen molar-refractivity contribution in [3.05, 3.63) is 59.5 Å². The maximum Gasteiger partial charge on any atom is 0.226 e. The topological polar surface area (TPSA) is 71.5 Å². The number of carbonyl (C=O) groups excluding carboxylic acids is 1. The van der Waals surface area contributed by atoms with Crippen LogP contribution in [0.3, 0.4) is 0 Å². The molecule has 0 aliphatic carbocycles. The molecule has 36 heavy (non-hydrogen) atoms. The summed E-state index contributed by atoms with van der Waals surface area (Å²) in [5.74, 6) is 1.60. The molecule has 1 atom stereocenters. The smallest absolute Gasteiger partial charge is 0.226 e. The highest BCUT2D eigenvalue weighted by molar-refractivity contribution is 5.83. The van der Waals surface area contributed by atoms with Gasteiger partial charge in [-0.2, -0.15) is 0 Å². The normalized spacial score (nSPS) is 19.3. The second-order valence-electron chi connectivity index (χ2n) is 10.5. The maximum atomic E-state index is 13.3. The number of rotatable bonds is 6. The summed E-state index contributed by atoms with van der Waals surface area (Å²) in [5.41, 5.74) is 4.38. The Kier molecular flexibility index (Phi) is 7.46. The molecular formula is C29H37N5O2. The number of anilines is 1. The van der Waals surface area contributed by atoms with Crippen LogP contribution in [0, 0.1) is 12.8 Å². The van der Waals surface area contributed by atoms with Crippen LogP contribution in [-0.4, -0.2) is 58.0 Å². The summed E-state index contributed by atoms with van der Waals surface area (Å²) in [6, 6.07) is 10.4. The lowest BCUT2D eigenvalue weighted by Crippen LogP contribution is -2.48. The van der Waals surface area contributed by atoms with Gasteiger partial charge in [0.2, 0.25) is 11.9 Å². The molecule has 7 heteroatoms. The zero-order valence-corrected chi connectivity index (χ0v) is 21.7. The van der Waals surface area contributed by atoms with Crippen molar-refractivity contribution in [2.24, 2.45) is 5.92 Å². The van der Waals surface area contributed by atoms with Crippen molar-refractivity contribution in [1.82, 2.24) is 19.9 Å². The van der Waals surface area contributed by atoms with Crippen LogP contribution in [0.4, 0.5) is 5.95 Å². The van der Waals surface area contributed by atoms with Gasteiger partial charge in [0.1, 0.15) is 0 Å². The monoisotopic (exact) mass is 487 g/mol. The van der Waals surface area contributed by atoms with E-state index in [9.17, 15) is 4.79 Å². The van der Waals surface area contributed by atoms with E-state index in [-0.39, 0.29) is 17.9 Å². The second kappa shape index (κ2) is 10.9. The molecule has 3 aromatic rings. The Labute approximate surface area is 213 Å². The molecule has 1 amide bonds. The summed E-state index contributed by atoms with van der Waals surface area (Å²) in [4.78, 5) is 31.5. The van der Waals surface area contributed by atoms with Gasteiger partial charge >= 0.3 is 0 Å². The molecule has 0 bridgehead atoms. The number of amides is 1. The second-order valence-corrected chi connectivity index (χ2v) is 10.5. The molecule has 2 aliphatic rings. The van der Waals surface area contributed by atoms with Crippen molar-refractivity contribution in [3.63, 3.8) is 0 Å². The van der Waals surface area contributed by atoms with Crippen LogP contribution in [0.1, 0.15) is 62.3 Å². The summed E-state index contributed by atoms with van der Waals surface area (Å²) < 4.78 is 6.12. The molecule has 190 valence electrons. The lowest BCUT2D eigenvalue weighted by molar-refractivity contribution is -0.140. The first-order valence-corrected chi connectivity index (χ1v) is 13.3. The number of piperidine rings is 2. The number of fused-ring (bicyclic) bond motifs is 1. The third-order valence-corrected chi connectivity index (χ3v) is 7.59. The van der Waals surface area contributed by atoms with Gasteiger partial charge < -0.3 is 14.5 Å². The van der Waals surface area contributed by atoms with E-state index in [0.29, 0.717) is 19.1 Å². The quantitative estimate of drug-likeness (QED) is 0.493. The van der Waals surface area contributed by atoms with Crippen LogP contribution in [0.15, 0.2) is 42.7 Å². The van der Waals surface area contributed by atoms with E-state index >= 15 is 0 Å². The van der Waals surface area contributed by atoms with Gasteiger partial charge in [-0.25, -0.2) is 9.97 Å². The Morgan fingerprint density at radius 1 is 1.11 bits per heavy atom.